The fourth-order valence-corrected chi connectivity index (χ4v) is 4.62. The summed E-state index contributed by atoms with van der Waals surface area (Å²) in [6.07, 6.45) is 3.43. The highest BCUT2D eigenvalue weighted by Crippen LogP contribution is 2.41. The van der Waals surface area contributed by atoms with Crippen LogP contribution in [-0.2, 0) is 11.3 Å². The molecule has 0 aliphatic carbocycles. The van der Waals surface area contributed by atoms with Crippen LogP contribution in [0.25, 0.3) is 27.7 Å². The van der Waals surface area contributed by atoms with Crippen molar-refractivity contribution in [3.8, 4) is 22.6 Å². The van der Waals surface area contributed by atoms with Crippen molar-refractivity contribution in [1.82, 2.24) is 5.32 Å². The number of rotatable bonds is 8. The lowest BCUT2D eigenvalue weighted by Gasteiger charge is -2.15. The number of carbonyl (C=O) groups excluding carboxylic acids is 1. The van der Waals surface area contributed by atoms with E-state index in [-0.39, 0.29) is 5.91 Å². The van der Waals surface area contributed by atoms with Gasteiger partial charge in [-0.15, -0.1) is 0 Å². The Bertz CT molecular complexity index is 1440. The summed E-state index contributed by atoms with van der Waals surface area (Å²) in [6, 6.07) is 16.1. The summed E-state index contributed by atoms with van der Waals surface area (Å²) in [6.45, 7) is 11.0. The van der Waals surface area contributed by atoms with Gasteiger partial charge in [-0.2, -0.15) is 0 Å². The van der Waals surface area contributed by atoms with Gasteiger partial charge in [0, 0.05) is 40.3 Å². The van der Waals surface area contributed by atoms with E-state index in [1.54, 1.807) is 13.2 Å². The molecule has 4 aromatic rings. The smallest absolute Gasteiger partial charge is 0.244 e. The number of carbonyl (C=O) groups is 1. The van der Waals surface area contributed by atoms with E-state index in [1.807, 2.05) is 51.3 Å². The molecule has 186 valence electrons. The number of allylic oxidation sites excluding steroid dienone is 1. The Hall–Kier alpha value is -3.99. The van der Waals surface area contributed by atoms with Gasteiger partial charge in [0.05, 0.1) is 20.0 Å². The van der Waals surface area contributed by atoms with E-state index >= 15 is 0 Å². The molecule has 0 fully saturated rings. The predicted molar refractivity (Wildman–Crippen MR) is 146 cm³/mol. The Labute approximate surface area is 212 Å². The van der Waals surface area contributed by atoms with Crippen LogP contribution in [0.5, 0.6) is 11.5 Å². The number of nitrogens with one attached hydrogen (secondary N) is 1. The molecule has 0 radical (unpaired) electrons. The zero-order valence-electron chi connectivity index (χ0n) is 21.8. The Morgan fingerprint density at radius 3 is 2.56 bits per heavy atom. The maximum atomic E-state index is 12.8. The normalized spacial score (nSPS) is 11.6. The number of methoxy groups -OCH3 is 1. The van der Waals surface area contributed by atoms with Gasteiger partial charge >= 0.3 is 0 Å². The first-order chi connectivity index (χ1) is 17.3. The Morgan fingerprint density at radius 2 is 1.83 bits per heavy atom. The molecule has 3 aromatic carbocycles. The molecule has 0 atom stereocenters. The first kappa shape index (κ1) is 25.1. The van der Waals surface area contributed by atoms with Gasteiger partial charge in [-0.1, -0.05) is 42.0 Å². The topological polar surface area (TPSA) is 60.7 Å². The van der Waals surface area contributed by atoms with E-state index in [0.717, 1.165) is 55.9 Å². The number of aryl methyl sites for hydroxylation is 3. The Kier molecular flexibility index (Phi) is 7.49. The van der Waals surface area contributed by atoms with Crippen molar-refractivity contribution >= 4 is 22.4 Å². The predicted octanol–water partition coefficient (Wildman–Crippen LogP) is 7.15. The number of furan rings is 1. The second-order valence-corrected chi connectivity index (χ2v) is 9.01. The van der Waals surface area contributed by atoms with Crippen LogP contribution in [0.3, 0.4) is 0 Å². The van der Waals surface area contributed by atoms with Crippen molar-refractivity contribution in [1.29, 1.82) is 0 Å². The lowest BCUT2D eigenvalue weighted by molar-refractivity contribution is -0.116. The lowest BCUT2D eigenvalue weighted by atomic mass is 9.94. The molecule has 0 unspecified atom stereocenters. The molecule has 0 aliphatic heterocycles. The van der Waals surface area contributed by atoms with Gasteiger partial charge in [-0.05, 0) is 63.5 Å². The Balaban J connectivity index is 1.72. The van der Waals surface area contributed by atoms with Gasteiger partial charge in [0.15, 0.2) is 0 Å². The van der Waals surface area contributed by atoms with Gasteiger partial charge in [0.2, 0.25) is 5.91 Å². The van der Waals surface area contributed by atoms with E-state index in [0.29, 0.717) is 13.2 Å². The minimum Gasteiger partial charge on any atom is -0.496 e. The third kappa shape index (κ3) is 5.01. The first-order valence-corrected chi connectivity index (χ1v) is 12.2. The molecule has 0 saturated heterocycles. The van der Waals surface area contributed by atoms with Gasteiger partial charge in [0.25, 0.3) is 0 Å². The Morgan fingerprint density at radius 1 is 1.06 bits per heavy atom. The third-order valence-electron chi connectivity index (χ3n) is 6.42. The first-order valence-electron chi connectivity index (χ1n) is 12.2. The molecule has 0 spiro atoms. The summed E-state index contributed by atoms with van der Waals surface area (Å²) in [5, 5.41) is 3.97. The minimum atomic E-state index is -0.180. The SMILES string of the molecule is CCOc1c(/C(C)=C/C(=O)NCc2ccccc2OC)cc2c(-c3ccc(C)cc3C)coc2c1C. The maximum Gasteiger partial charge on any atom is 0.244 e. The second kappa shape index (κ2) is 10.7. The standard InChI is InChI=1S/C31H33NO4/c1-7-35-30-22(5)31-26(27(18-36-31)24-13-12-19(2)14-20(24)3)16-25(30)21(4)15-29(33)32-17-23-10-8-9-11-28(23)34-6/h8-16,18H,7,17H2,1-6H3,(H,32,33)/b21-15+. The van der Waals surface area contributed by atoms with Crippen LogP contribution < -0.4 is 14.8 Å². The number of hydrogen-bond donors (Lipinski definition) is 1. The minimum absolute atomic E-state index is 0.180. The van der Waals surface area contributed by atoms with Crippen LogP contribution in [0.1, 0.15) is 41.7 Å². The molecule has 1 N–H and O–H groups in total. The summed E-state index contributed by atoms with van der Waals surface area (Å²) < 4.78 is 17.5. The summed E-state index contributed by atoms with van der Waals surface area (Å²) in [5.41, 5.74) is 8.89. The van der Waals surface area contributed by atoms with E-state index in [9.17, 15) is 4.79 Å². The van der Waals surface area contributed by atoms with Crippen LogP contribution in [-0.4, -0.2) is 19.6 Å². The van der Waals surface area contributed by atoms with Crippen molar-refractivity contribution < 1.29 is 18.7 Å². The van der Waals surface area contributed by atoms with Gasteiger partial charge < -0.3 is 19.2 Å². The van der Waals surface area contributed by atoms with Crippen molar-refractivity contribution in [3.63, 3.8) is 0 Å². The molecular formula is C31H33NO4. The summed E-state index contributed by atoms with van der Waals surface area (Å²) in [7, 11) is 1.63. The summed E-state index contributed by atoms with van der Waals surface area (Å²) >= 11 is 0. The molecule has 4 rings (SSSR count). The van der Waals surface area contributed by atoms with E-state index < -0.39 is 0 Å². The lowest BCUT2D eigenvalue weighted by Crippen LogP contribution is -2.21. The van der Waals surface area contributed by atoms with Crippen LogP contribution in [0.4, 0.5) is 0 Å². The quantitative estimate of drug-likeness (QED) is 0.270. The number of para-hydroxylation sites is 1. The van der Waals surface area contributed by atoms with Gasteiger partial charge in [-0.3, -0.25) is 4.79 Å². The van der Waals surface area contributed by atoms with Crippen LogP contribution in [0.2, 0.25) is 0 Å². The number of hydrogen-bond acceptors (Lipinski definition) is 4. The molecule has 1 aromatic heterocycles. The number of fused-ring (bicyclic) bond motifs is 1. The molecule has 0 saturated carbocycles. The highest BCUT2D eigenvalue weighted by atomic mass is 16.5. The molecule has 0 aliphatic rings. The second-order valence-electron chi connectivity index (χ2n) is 9.01. The molecule has 36 heavy (non-hydrogen) atoms. The molecular weight excluding hydrogens is 450 g/mol. The monoisotopic (exact) mass is 483 g/mol. The van der Waals surface area contributed by atoms with E-state index in [1.165, 1.54) is 11.1 Å². The molecule has 1 heterocycles. The van der Waals surface area contributed by atoms with Crippen LogP contribution >= 0.6 is 0 Å². The fraction of sp³-hybridized carbons (Fsp3) is 0.258. The summed E-state index contributed by atoms with van der Waals surface area (Å²) in [4.78, 5) is 12.8. The average molecular weight is 484 g/mol. The maximum absolute atomic E-state index is 12.8. The molecule has 1 amide bonds. The van der Waals surface area contributed by atoms with Crippen molar-refractivity contribution in [2.75, 3.05) is 13.7 Å². The van der Waals surface area contributed by atoms with E-state index in [2.05, 4.69) is 43.4 Å². The molecule has 5 nitrogen and oxygen atoms in total. The zero-order chi connectivity index (χ0) is 25.8. The summed E-state index contributed by atoms with van der Waals surface area (Å²) in [5.74, 6) is 1.30. The fourth-order valence-electron chi connectivity index (χ4n) is 4.62. The van der Waals surface area contributed by atoms with Crippen LogP contribution in [0, 0.1) is 20.8 Å². The van der Waals surface area contributed by atoms with Crippen LogP contribution in [0.15, 0.2) is 65.3 Å². The van der Waals surface area contributed by atoms with E-state index in [4.69, 9.17) is 13.9 Å². The van der Waals surface area contributed by atoms with Crippen molar-refractivity contribution in [2.24, 2.45) is 0 Å². The molecule has 0 bridgehead atoms. The zero-order valence-corrected chi connectivity index (χ0v) is 21.8. The average Bonchev–Trinajstić information content (AvgIpc) is 3.28. The number of amides is 1. The van der Waals surface area contributed by atoms with Gasteiger partial charge in [0.1, 0.15) is 17.1 Å². The van der Waals surface area contributed by atoms with Crippen molar-refractivity contribution in [3.05, 3.63) is 88.7 Å². The number of benzene rings is 3. The number of ether oxygens (including phenoxy) is 2. The van der Waals surface area contributed by atoms with Crippen molar-refractivity contribution in [2.45, 2.75) is 41.2 Å². The highest BCUT2D eigenvalue weighted by molar-refractivity contribution is 6.02. The van der Waals surface area contributed by atoms with Gasteiger partial charge in [-0.25, -0.2) is 0 Å². The third-order valence-corrected chi connectivity index (χ3v) is 6.42. The molecule has 5 heteroatoms. The largest absolute Gasteiger partial charge is 0.496 e. The highest BCUT2D eigenvalue weighted by Gasteiger charge is 2.20.